The number of carbonyl (C=O) groups excluding carboxylic acids is 2. The molecule has 20 heavy (non-hydrogen) atoms. The summed E-state index contributed by atoms with van der Waals surface area (Å²) in [5, 5.41) is 0. The van der Waals surface area contributed by atoms with Crippen molar-refractivity contribution in [1.29, 1.82) is 0 Å². The van der Waals surface area contributed by atoms with Gasteiger partial charge in [0, 0.05) is 24.3 Å². The molecule has 0 aromatic carbocycles. The van der Waals surface area contributed by atoms with Gasteiger partial charge in [0.15, 0.2) is 9.87 Å². The smallest absolute Gasteiger partial charge is 0.307 e. The Hall–Kier alpha value is -0.360. The first kappa shape index (κ1) is 17.7. The van der Waals surface area contributed by atoms with Crippen LogP contribution in [-0.2, 0) is 19.1 Å². The molecule has 0 aliphatic carbocycles. The molecule has 0 saturated carbocycles. The maximum Gasteiger partial charge on any atom is 0.307 e. The van der Waals surface area contributed by atoms with Crippen molar-refractivity contribution >= 4 is 35.5 Å². The van der Waals surface area contributed by atoms with Crippen molar-refractivity contribution in [1.82, 2.24) is 0 Å². The van der Waals surface area contributed by atoms with Crippen LogP contribution in [0.5, 0.6) is 0 Å². The van der Waals surface area contributed by atoms with E-state index in [9.17, 15) is 9.59 Å². The van der Waals surface area contributed by atoms with Crippen molar-refractivity contribution in [3.63, 3.8) is 0 Å². The maximum atomic E-state index is 11.6. The van der Waals surface area contributed by atoms with E-state index < -0.39 is 9.87 Å². The molecule has 4 nitrogen and oxygen atoms in total. The summed E-state index contributed by atoms with van der Waals surface area (Å²) in [7, 11) is 0. The van der Waals surface area contributed by atoms with Crippen LogP contribution in [-0.4, -0.2) is 33.3 Å². The van der Waals surface area contributed by atoms with Crippen LogP contribution in [0.25, 0.3) is 0 Å². The number of esters is 2. The minimum atomic E-state index is -0.520. The van der Waals surface area contributed by atoms with E-state index in [1.165, 1.54) is 0 Å². The van der Waals surface area contributed by atoms with E-state index >= 15 is 0 Å². The van der Waals surface area contributed by atoms with Gasteiger partial charge in [-0.25, -0.2) is 0 Å². The molecule has 1 aliphatic rings. The molecule has 0 radical (unpaired) electrons. The molecule has 6 heteroatoms. The molecule has 2 unspecified atom stereocenters. The van der Waals surface area contributed by atoms with Crippen molar-refractivity contribution in [2.75, 3.05) is 11.5 Å². The van der Waals surface area contributed by atoms with E-state index in [1.807, 2.05) is 27.7 Å². The molecule has 0 amide bonds. The zero-order valence-corrected chi connectivity index (χ0v) is 14.3. The minimum absolute atomic E-state index is 0.158. The first-order chi connectivity index (χ1) is 9.32. The Morgan fingerprint density at radius 3 is 1.50 bits per heavy atom. The SMILES string of the molecule is CCCC(=O)OC1(C)CSC(C)(OC(=O)CCC)CS1. The zero-order chi connectivity index (χ0) is 15.2. The fourth-order valence-electron chi connectivity index (χ4n) is 1.76. The Morgan fingerprint density at radius 1 is 0.900 bits per heavy atom. The lowest BCUT2D eigenvalue weighted by Crippen LogP contribution is -2.43. The number of rotatable bonds is 6. The van der Waals surface area contributed by atoms with E-state index in [1.54, 1.807) is 23.5 Å². The highest BCUT2D eigenvalue weighted by atomic mass is 32.2. The summed E-state index contributed by atoms with van der Waals surface area (Å²) in [5.41, 5.74) is 0. The van der Waals surface area contributed by atoms with Crippen LogP contribution in [0.4, 0.5) is 0 Å². The van der Waals surface area contributed by atoms with Crippen LogP contribution in [0.2, 0.25) is 0 Å². The topological polar surface area (TPSA) is 52.6 Å². The van der Waals surface area contributed by atoms with Gasteiger partial charge in [0.1, 0.15) is 0 Å². The molecule has 0 aromatic rings. The van der Waals surface area contributed by atoms with E-state index in [0.29, 0.717) is 24.3 Å². The van der Waals surface area contributed by atoms with Crippen molar-refractivity contribution in [2.24, 2.45) is 0 Å². The molecule has 1 heterocycles. The first-order valence-corrected chi connectivity index (χ1v) is 9.01. The highest BCUT2D eigenvalue weighted by Crippen LogP contribution is 2.45. The van der Waals surface area contributed by atoms with Crippen molar-refractivity contribution in [3.05, 3.63) is 0 Å². The molecule has 0 aromatic heterocycles. The Morgan fingerprint density at radius 2 is 1.25 bits per heavy atom. The van der Waals surface area contributed by atoms with Crippen molar-refractivity contribution < 1.29 is 19.1 Å². The predicted molar refractivity (Wildman–Crippen MR) is 83.7 cm³/mol. The summed E-state index contributed by atoms with van der Waals surface area (Å²) in [6, 6.07) is 0. The van der Waals surface area contributed by atoms with Gasteiger partial charge >= 0.3 is 11.9 Å². The number of ether oxygens (including phenoxy) is 2. The highest BCUT2D eigenvalue weighted by molar-refractivity contribution is 8.07. The van der Waals surface area contributed by atoms with Crippen LogP contribution in [0.3, 0.4) is 0 Å². The predicted octanol–water partition coefficient (Wildman–Crippen LogP) is 3.59. The minimum Gasteiger partial charge on any atom is -0.447 e. The molecule has 0 N–H and O–H groups in total. The second kappa shape index (κ2) is 7.59. The standard InChI is InChI=1S/C14H24O4S2/c1-5-7-11(15)17-13(3)9-20-14(4,10-19-13)18-12(16)8-6-2/h5-10H2,1-4H3. The van der Waals surface area contributed by atoms with Gasteiger partial charge in [-0.1, -0.05) is 13.8 Å². The number of hydrogen-bond acceptors (Lipinski definition) is 6. The lowest BCUT2D eigenvalue weighted by Gasteiger charge is -2.40. The van der Waals surface area contributed by atoms with E-state index in [0.717, 1.165) is 12.8 Å². The fraction of sp³-hybridized carbons (Fsp3) is 0.857. The third-order valence-corrected chi connectivity index (χ3v) is 6.28. The van der Waals surface area contributed by atoms with Gasteiger partial charge in [-0.2, -0.15) is 0 Å². The molecule has 116 valence electrons. The van der Waals surface area contributed by atoms with Gasteiger partial charge in [0.25, 0.3) is 0 Å². The summed E-state index contributed by atoms with van der Waals surface area (Å²) in [6.07, 6.45) is 2.48. The van der Waals surface area contributed by atoms with Crippen LogP contribution in [0, 0.1) is 0 Å². The zero-order valence-electron chi connectivity index (χ0n) is 12.7. The van der Waals surface area contributed by atoms with Gasteiger partial charge in [-0.05, 0) is 26.7 Å². The molecule has 0 spiro atoms. The summed E-state index contributed by atoms with van der Waals surface area (Å²) in [4.78, 5) is 22.2. The van der Waals surface area contributed by atoms with Crippen LogP contribution in [0.1, 0.15) is 53.4 Å². The lowest BCUT2D eigenvalue weighted by atomic mass is 10.3. The lowest BCUT2D eigenvalue weighted by molar-refractivity contribution is -0.152. The monoisotopic (exact) mass is 320 g/mol. The highest BCUT2D eigenvalue weighted by Gasteiger charge is 2.43. The number of thioether (sulfide) groups is 2. The summed E-state index contributed by atoms with van der Waals surface area (Å²) in [6.45, 7) is 7.75. The van der Waals surface area contributed by atoms with Crippen molar-refractivity contribution in [2.45, 2.75) is 63.2 Å². The molecule has 1 aliphatic heterocycles. The molecule has 1 fully saturated rings. The van der Waals surface area contributed by atoms with Gasteiger partial charge in [-0.3, -0.25) is 9.59 Å². The van der Waals surface area contributed by atoms with Crippen molar-refractivity contribution in [3.8, 4) is 0 Å². The fourth-order valence-corrected chi connectivity index (χ4v) is 4.34. The molecule has 0 bridgehead atoms. The van der Waals surface area contributed by atoms with Gasteiger partial charge in [0.05, 0.1) is 0 Å². The largest absolute Gasteiger partial charge is 0.447 e. The Balaban J connectivity index is 2.48. The molecular formula is C14H24O4S2. The maximum absolute atomic E-state index is 11.6. The Labute approximate surface area is 129 Å². The molecule has 1 rings (SSSR count). The van der Waals surface area contributed by atoms with E-state index in [2.05, 4.69) is 0 Å². The molecular weight excluding hydrogens is 296 g/mol. The van der Waals surface area contributed by atoms with E-state index in [4.69, 9.17) is 9.47 Å². The van der Waals surface area contributed by atoms with Crippen LogP contribution in [0.15, 0.2) is 0 Å². The second-order valence-corrected chi connectivity index (χ2v) is 8.17. The third-order valence-electron chi connectivity index (χ3n) is 2.85. The molecule has 2 atom stereocenters. The average molecular weight is 320 g/mol. The quantitative estimate of drug-likeness (QED) is 0.697. The van der Waals surface area contributed by atoms with Crippen LogP contribution < -0.4 is 0 Å². The normalized spacial score (nSPS) is 29.8. The first-order valence-electron chi connectivity index (χ1n) is 7.04. The second-order valence-electron chi connectivity index (χ2n) is 5.29. The number of carbonyl (C=O) groups is 2. The Kier molecular flexibility index (Phi) is 6.72. The van der Waals surface area contributed by atoms with Crippen LogP contribution >= 0.6 is 23.5 Å². The summed E-state index contributed by atoms with van der Waals surface area (Å²) in [5.74, 6) is 0.941. The average Bonchev–Trinajstić information content (AvgIpc) is 2.34. The van der Waals surface area contributed by atoms with Gasteiger partial charge < -0.3 is 9.47 Å². The van der Waals surface area contributed by atoms with Gasteiger partial charge in [-0.15, -0.1) is 23.5 Å². The summed E-state index contributed by atoms with van der Waals surface area (Å²) < 4.78 is 11.1. The number of hydrogen-bond donors (Lipinski definition) is 0. The Bertz CT molecular complexity index is 315. The summed E-state index contributed by atoms with van der Waals surface area (Å²) >= 11 is 3.09. The van der Waals surface area contributed by atoms with Gasteiger partial charge in [0.2, 0.25) is 0 Å². The third kappa shape index (κ3) is 5.56. The molecule has 1 saturated heterocycles. The van der Waals surface area contributed by atoms with E-state index in [-0.39, 0.29) is 11.9 Å².